The maximum absolute atomic E-state index is 12.6. The SMILES string of the molecule is O=C(O)[C@@H]1CC[C@@H]1C(=O)N(Cc1ccc(C(F)(F)F)cc1)C1CC1. The number of benzene rings is 1. The number of alkyl halides is 3. The molecule has 2 fully saturated rings. The van der Waals surface area contributed by atoms with Crippen molar-refractivity contribution >= 4 is 11.9 Å². The van der Waals surface area contributed by atoms with Gasteiger partial charge in [-0.3, -0.25) is 9.59 Å². The number of carboxylic acids is 1. The van der Waals surface area contributed by atoms with Gasteiger partial charge in [0.1, 0.15) is 0 Å². The van der Waals surface area contributed by atoms with E-state index >= 15 is 0 Å². The molecule has 2 saturated carbocycles. The van der Waals surface area contributed by atoms with Crippen molar-refractivity contribution in [3.63, 3.8) is 0 Å². The Morgan fingerprint density at radius 2 is 1.62 bits per heavy atom. The monoisotopic (exact) mass is 341 g/mol. The van der Waals surface area contributed by atoms with Crippen molar-refractivity contribution in [2.45, 2.75) is 44.4 Å². The fourth-order valence-electron chi connectivity index (χ4n) is 3.07. The lowest BCUT2D eigenvalue weighted by molar-refractivity contribution is -0.157. The zero-order valence-electron chi connectivity index (χ0n) is 12.9. The molecule has 0 saturated heterocycles. The summed E-state index contributed by atoms with van der Waals surface area (Å²) in [5.74, 6) is -2.27. The van der Waals surface area contributed by atoms with Crippen LogP contribution in [0.1, 0.15) is 36.8 Å². The van der Waals surface area contributed by atoms with E-state index in [-0.39, 0.29) is 18.5 Å². The van der Waals surface area contributed by atoms with Crippen molar-refractivity contribution in [3.05, 3.63) is 35.4 Å². The van der Waals surface area contributed by atoms with Gasteiger partial charge in [0, 0.05) is 12.6 Å². The standard InChI is InChI=1S/C17H18F3NO3/c18-17(19,20)11-3-1-10(2-4-11)9-21(12-5-6-12)15(22)13-7-8-14(13)16(23)24/h1-4,12-14H,5-9H2,(H,23,24)/t13-,14+/m0/s1. The molecule has 1 amide bonds. The number of carbonyl (C=O) groups is 2. The van der Waals surface area contributed by atoms with Gasteiger partial charge in [0.05, 0.1) is 17.4 Å². The van der Waals surface area contributed by atoms with Crippen molar-refractivity contribution in [2.24, 2.45) is 11.8 Å². The Bertz CT molecular complexity index is 637. The van der Waals surface area contributed by atoms with E-state index in [0.717, 1.165) is 25.0 Å². The molecule has 2 atom stereocenters. The predicted octanol–water partition coefficient (Wildman–Crippen LogP) is 3.31. The zero-order chi connectivity index (χ0) is 17.5. The molecule has 0 heterocycles. The van der Waals surface area contributed by atoms with Crippen molar-refractivity contribution in [2.75, 3.05) is 0 Å². The fraction of sp³-hybridized carbons (Fsp3) is 0.529. The Morgan fingerprint density at radius 3 is 2.04 bits per heavy atom. The summed E-state index contributed by atoms with van der Waals surface area (Å²) in [6.45, 7) is 0.227. The molecule has 2 aliphatic carbocycles. The van der Waals surface area contributed by atoms with Crippen LogP contribution in [0.15, 0.2) is 24.3 Å². The summed E-state index contributed by atoms with van der Waals surface area (Å²) in [5, 5.41) is 9.11. The maximum atomic E-state index is 12.6. The van der Waals surface area contributed by atoms with Gasteiger partial charge >= 0.3 is 12.1 Å². The minimum atomic E-state index is -4.38. The average molecular weight is 341 g/mol. The molecule has 0 unspecified atom stereocenters. The molecule has 1 N–H and O–H groups in total. The van der Waals surface area contributed by atoms with E-state index in [9.17, 15) is 22.8 Å². The van der Waals surface area contributed by atoms with Gasteiger partial charge < -0.3 is 10.0 Å². The van der Waals surface area contributed by atoms with Crippen LogP contribution in [-0.2, 0) is 22.3 Å². The van der Waals surface area contributed by atoms with Gasteiger partial charge in [-0.25, -0.2) is 0 Å². The summed E-state index contributed by atoms with van der Waals surface area (Å²) >= 11 is 0. The smallest absolute Gasteiger partial charge is 0.416 e. The average Bonchev–Trinajstić information content (AvgIpc) is 3.26. The first-order chi connectivity index (χ1) is 11.3. The van der Waals surface area contributed by atoms with Crippen molar-refractivity contribution in [1.29, 1.82) is 0 Å². The third kappa shape index (κ3) is 3.39. The molecule has 7 heteroatoms. The van der Waals surface area contributed by atoms with Gasteiger partial charge in [-0.2, -0.15) is 13.2 Å². The Labute approximate surface area is 137 Å². The van der Waals surface area contributed by atoms with E-state index in [0.29, 0.717) is 18.4 Å². The number of rotatable bonds is 5. The van der Waals surface area contributed by atoms with Crippen molar-refractivity contribution in [1.82, 2.24) is 4.90 Å². The van der Waals surface area contributed by atoms with Crippen LogP contribution in [0.5, 0.6) is 0 Å². The maximum Gasteiger partial charge on any atom is 0.416 e. The summed E-state index contributed by atoms with van der Waals surface area (Å²) in [4.78, 5) is 25.4. The number of aliphatic carboxylic acids is 1. The van der Waals surface area contributed by atoms with E-state index in [1.54, 1.807) is 4.90 Å². The molecule has 130 valence electrons. The molecule has 0 spiro atoms. The van der Waals surface area contributed by atoms with Crippen LogP contribution in [0.3, 0.4) is 0 Å². The van der Waals surface area contributed by atoms with Crippen molar-refractivity contribution < 1.29 is 27.9 Å². The lowest BCUT2D eigenvalue weighted by Crippen LogP contribution is -2.46. The van der Waals surface area contributed by atoms with Crippen LogP contribution in [0, 0.1) is 11.8 Å². The highest BCUT2D eigenvalue weighted by Crippen LogP contribution is 2.39. The Hall–Kier alpha value is -2.05. The number of hydrogen-bond donors (Lipinski definition) is 1. The first-order valence-electron chi connectivity index (χ1n) is 7.97. The summed E-state index contributed by atoms with van der Waals surface area (Å²) in [5.41, 5.74) is -0.102. The molecular weight excluding hydrogens is 323 g/mol. The third-order valence-corrected chi connectivity index (χ3v) is 4.81. The van der Waals surface area contributed by atoms with E-state index in [1.165, 1.54) is 12.1 Å². The Balaban J connectivity index is 1.71. The lowest BCUT2D eigenvalue weighted by atomic mass is 9.73. The second-order valence-electron chi connectivity index (χ2n) is 6.52. The summed E-state index contributed by atoms with van der Waals surface area (Å²) in [6, 6.07) is 4.85. The zero-order valence-corrected chi connectivity index (χ0v) is 12.9. The largest absolute Gasteiger partial charge is 0.481 e. The molecule has 1 aromatic carbocycles. The van der Waals surface area contributed by atoms with E-state index in [1.807, 2.05) is 0 Å². The summed E-state index contributed by atoms with van der Waals surface area (Å²) in [7, 11) is 0. The molecule has 4 nitrogen and oxygen atoms in total. The normalized spacial score (nSPS) is 23.5. The first-order valence-corrected chi connectivity index (χ1v) is 7.97. The fourth-order valence-corrected chi connectivity index (χ4v) is 3.07. The molecular formula is C17H18F3NO3. The van der Waals surface area contributed by atoms with Crippen LogP contribution in [0.4, 0.5) is 13.2 Å². The summed E-state index contributed by atoms with van der Waals surface area (Å²) < 4.78 is 37.8. The number of amides is 1. The van der Waals surface area contributed by atoms with Crippen LogP contribution in [0.25, 0.3) is 0 Å². The Kier molecular flexibility index (Phi) is 4.27. The van der Waals surface area contributed by atoms with Gasteiger partial charge in [-0.1, -0.05) is 12.1 Å². The second kappa shape index (κ2) is 6.11. The van der Waals surface area contributed by atoms with E-state index in [2.05, 4.69) is 0 Å². The van der Waals surface area contributed by atoms with E-state index < -0.39 is 29.5 Å². The van der Waals surface area contributed by atoms with Gasteiger partial charge in [-0.05, 0) is 43.4 Å². The second-order valence-corrected chi connectivity index (χ2v) is 6.52. The molecule has 24 heavy (non-hydrogen) atoms. The van der Waals surface area contributed by atoms with Gasteiger partial charge in [0.15, 0.2) is 0 Å². The Morgan fingerprint density at radius 1 is 1.04 bits per heavy atom. The van der Waals surface area contributed by atoms with Gasteiger partial charge in [-0.15, -0.1) is 0 Å². The molecule has 1 aromatic rings. The highest BCUT2D eigenvalue weighted by molar-refractivity contribution is 5.86. The molecule has 0 radical (unpaired) electrons. The lowest BCUT2D eigenvalue weighted by Gasteiger charge is -2.36. The molecule has 0 bridgehead atoms. The quantitative estimate of drug-likeness (QED) is 0.894. The first kappa shape index (κ1) is 16.8. The van der Waals surface area contributed by atoms with Crippen LogP contribution in [0.2, 0.25) is 0 Å². The summed E-state index contributed by atoms with van der Waals surface area (Å²) in [6.07, 6.45) is -1.60. The van der Waals surface area contributed by atoms with Crippen LogP contribution in [-0.4, -0.2) is 27.9 Å². The molecule has 3 rings (SSSR count). The number of carbonyl (C=O) groups excluding carboxylic acids is 1. The number of nitrogens with zero attached hydrogens (tertiary/aromatic N) is 1. The van der Waals surface area contributed by atoms with Crippen molar-refractivity contribution in [3.8, 4) is 0 Å². The van der Waals surface area contributed by atoms with E-state index in [4.69, 9.17) is 5.11 Å². The highest BCUT2D eigenvalue weighted by Gasteiger charge is 2.45. The van der Waals surface area contributed by atoms with Gasteiger partial charge in [0.25, 0.3) is 0 Å². The molecule has 0 aliphatic heterocycles. The number of carboxylic acid groups (broad SMARTS) is 1. The van der Waals surface area contributed by atoms with Crippen LogP contribution >= 0.6 is 0 Å². The predicted molar refractivity (Wildman–Crippen MR) is 78.9 cm³/mol. The number of hydrogen-bond acceptors (Lipinski definition) is 2. The minimum Gasteiger partial charge on any atom is -0.481 e. The topological polar surface area (TPSA) is 57.6 Å². The highest BCUT2D eigenvalue weighted by atomic mass is 19.4. The molecule has 0 aromatic heterocycles. The molecule has 2 aliphatic rings. The van der Waals surface area contributed by atoms with Gasteiger partial charge in [0.2, 0.25) is 5.91 Å². The number of halogens is 3. The third-order valence-electron chi connectivity index (χ3n) is 4.81. The van der Waals surface area contributed by atoms with Crippen LogP contribution < -0.4 is 0 Å². The minimum absolute atomic E-state index is 0.0786.